The first-order valence-corrected chi connectivity index (χ1v) is 7.54. The molecule has 0 fully saturated rings. The van der Waals surface area contributed by atoms with Crippen molar-refractivity contribution in [3.63, 3.8) is 0 Å². The fourth-order valence-electron chi connectivity index (χ4n) is 2.33. The number of aryl methyl sites for hydroxylation is 1. The summed E-state index contributed by atoms with van der Waals surface area (Å²) in [6.07, 6.45) is 1.75. The van der Waals surface area contributed by atoms with Gasteiger partial charge in [0.2, 0.25) is 0 Å². The lowest BCUT2D eigenvalue weighted by Gasteiger charge is -2.06. The first kappa shape index (κ1) is 15.8. The molecule has 0 saturated carbocycles. The van der Waals surface area contributed by atoms with E-state index in [4.69, 9.17) is 0 Å². The number of benzene rings is 3. The van der Waals surface area contributed by atoms with Gasteiger partial charge in [-0.15, -0.1) is 6.58 Å². The Balaban J connectivity index is 0.000000545. The molecule has 0 amide bonds. The van der Waals surface area contributed by atoms with Crippen molar-refractivity contribution in [2.45, 2.75) is 13.8 Å². The molecule has 0 unspecified atom stereocenters. The zero-order chi connectivity index (χ0) is 15.8. The van der Waals surface area contributed by atoms with E-state index in [-0.39, 0.29) is 0 Å². The summed E-state index contributed by atoms with van der Waals surface area (Å²) in [5.41, 5.74) is 6.36. The highest BCUT2D eigenvalue weighted by Gasteiger charge is 2.01. The van der Waals surface area contributed by atoms with Gasteiger partial charge in [-0.25, -0.2) is 0 Å². The third-order valence-corrected chi connectivity index (χ3v) is 3.32. The van der Waals surface area contributed by atoms with E-state index in [0.29, 0.717) is 0 Å². The van der Waals surface area contributed by atoms with Crippen molar-refractivity contribution in [3.8, 4) is 22.3 Å². The van der Waals surface area contributed by atoms with E-state index >= 15 is 0 Å². The van der Waals surface area contributed by atoms with E-state index in [1.165, 1.54) is 27.8 Å². The second kappa shape index (κ2) is 7.99. The number of allylic oxidation sites excluding steroid dienone is 1. The third kappa shape index (κ3) is 4.20. The molecule has 3 aromatic rings. The van der Waals surface area contributed by atoms with Crippen LogP contribution in [0.15, 0.2) is 91.5 Å². The second-order valence-corrected chi connectivity index (χ2v) is 5.22. The summed E-state index contributed by atoms with van der Waals surface area (Å²) in [5, 5.41) is 0. The maximum atomic E-state index is 3.36. The topological polar surface area (TPSA) is 0 Å². The maximum Gasteiger partial charge on any atom is -0.0178 e. The van der Waals surface area contributed by atoms with E-state index < -0.39 is 0 Å². The molecule has 0 atom stereocenters. The van der Waals surface area contributed by atoms with Gasteiger partial charge in [0.15, 0.2) is 0 Å². The van der Waals surface area contributed by atoms with Crippen molar-refractivity contribution in [2.24, 2.45) is 0 Å². The SMILES string of the molecule is C=CC.Cc1cccc(-c2cccc(-c3ccccc3)c2)c1. The van der Waals surface area contributed by atoms with E-state index in [0.717, 1.165) is 0 Å². The molecule has 0 heteroatoms. The molecule has 22 heavy (non-hydrogen) atoms. The van der Waals surface area contributed by atoms with Gasteiger partial charge in [-0.3, -0.25) is 0 Å². The lowest BCUT2D eigenvalue weighted by Crippen LogP contribution is -1.82. The van der Waals surface area contributed by atoms with Crippen LogP contribution in [0, 0.1) is 6.92 Å². The highest BCUT2D eigenvalue weighted by atomic mass is 14.1. The molecule has 0 spiro atoms. The van der Waals surface area contributed by atoms with Crippen LogP contribution >= 0.6 is 0 Å². The maximum absolute atomic E-state index is 3.36. The van der Waals surface area contributed by atoms with Gasteiger partial charge in [0.05, 0.1) is 0 Å². The van der Waals surface area contributed by atoms with Gasteiger partial charge in [-0.1, -0.05) is 84.4 Å². The van der Waals surface area contributed by atoms with E-state index in [9.17, 15) is 0 Å². The predicted molar refractivity (Wildman–Crippen MR) is 97.9 cm³/mol. The summed E-state index contributed by atoms with van der Waals surface area (Å²) in [7, 11) is 0. The molecular formula is C22H22. The van der Waals surface area contributed by atoms with Crippen LogP contribution < -0.4 is 0 Å². The summed E-state index contributed by atoms with van der Waals surface area (Å²) < 4.78 is 0. The predicted octanol–water partition coefficient (Wildman–Crippen LogP) is 6.52. The molecule has 0 aromatic heterocycles. The molecule has 0 heterocycles. The smallest absolute Gasteiger partial charge is 0.0178 e. The molecule has 0 aliphatic rings. The van der Waals surface area contributed by atoms with Crippen LogP contribution in [0.5, 0.6) is 0 Å². The largest absolute Gasteiger partial charge is 0.103 e. The molecule has 3 rings (SSSR count). The molecule has 0 aliphatic heterocycles. The van der Waals surface area contributed by atoms with Gasteiger partial charge in [-0.2, -0.15) is 0 Å². The van der Waals surface area contributed by atoms with E-state index in [1.807, 2.05) is 13.0 Å². The second-order valence-electron chi connectivity index (χ2n) is 5.22. The highest BCUT2D eigenvalue weighted by Crippen LogP contribution is 2.26. The minimum Gasteiger partial charge on any atom is -0.103 e. The van der Waals surface area contributed by atoms with Crippen molar-refractivity contribution in [1.29, 1.82) is 0 Å². The third-order valence-electron chi connectivity index (χ3n) is 3.32. The summed E-state index contributed by atoms with van der Waals surface area (Å²) in [4.78, 5) is 0. The van der Waals surface area contributed by atoms with Crippen molar-refractivity contribution in [2.75, 3.05) is 0 Å². The molecule has 110 valence electrons. The van der Waals surface area contributed by atoms with E-state index in [2.05, 4.69) is 86.3 Å². The summed E-state index contributed by atoms with van der Waals surface area (Å²) in [6.45, 7) is 7.38. The van der Waals surface area contributed by atoms with Gasteiger partial charge in [0.1, 0.15) is 0 Å². The molecule has 3 aromatic carbocycles. The van der Waals surface area contributed by atoms with Crippen molar-refractivity contribution >= 4 is 0 Å². The summed E-state index contributed by atoms with van der Waals surface area (Å²) in [5.74, 6) is 0. The Hall–Kier alpha value is -2.60. The molecule has 0 bridgehead atoms. The normalized spacial score (nSPS) is 9.55. The van der Waals surface area contributed by atoms with Gasteiger partial charge in [-0.05, 0) is 42.2 Å². The molecule has 0 aliphatic carbocycles. The van der Waals surface area contributed by atoms with Gasteiger partial charge < -0.3 is 0 Å². The fourth-order valence-corrected chi connectivity index (χ4v) is 2.33. The molecule has 0 radical (unpaired) electrons. The number of hydrogen-bond acceptors (Lipinski definition) is 0. The highest BCUT2D eigenvalue weighted by molar-refractivity contribution is 5.73. The van der Waals surface area contributed by atoms with Gasteiger partial charge in [0, 0.05) is 0 Å². The monoisotopic (exact) mass is 286 g/mol. The zero-order valence-electron chi connectivity index (χ0n) is 13.3. The van der Waals surface area contributed by atoms with Crippen LogP contribution in [-0.4, -0.2) is 0 Å². The Morgan fingerprint density at radius 1 is 0.636 bits per heavy atom. The van der Waals surface area contributed by atoms with Gasteiger partial charge >= 0.3 is 0 Å². The Morgan fingerprint density at radius 2 is 1.09 bits per heavy atom. The first-order chi connectivity index (χ1) is 10.7. The Bertz CT molecular complexity index is 724. The van der Waals surface area contributed by atoms with Crippen LogP contribution in [0.4, 0.5) is 0 Å². The van der Waals surface area contributed by atoms with Gasteiger partial charge in [0.25, 0.3) is 0 Å². The van der Waals surface area contributed by atoms with E-state index in [1.54, 1.807) is 6.08 Å². The Kier molecular flexibility index (Phi) is 5.73. The lowest BCUT2D eigenvalue weighted by atomic mass is 9.98. The molecule has 0 N–H and O–H groups in total. The molecule has 0 saturated heterocycles. The minimum atomic E-state index is 1.26. The number of rotatable bonds is 2. The lowest BCUT2D eigenvalue weighted by molar-refractivity contribution is 1.47. The molecule has 0 nitrogen and oxygen atoms in total. The minimum absolute atomic E-state index is 1.26. The average molecular weight is 286 g/mol. The zero-order valence-corrected chi connectivity index (χ0v) is 13.3. The summed E-state index contributed by atoms with van der Waals surface area (Å²) >= 11 is 0. The molecular weight excluding hydrogens is 264 g/mol. The standard InChI is InChI=1S/C19H16.C3H6/c1-15-7-5-10-17(13-15)19-12-6-11-18(14-19)16-8-3-2-4-9-16;1-3-2/h2-14H,1H3;3H,1H2,2H3. The van der Waals surface area contributed by atoms with Crippen LogP contribution in [-0.2, 0) is 0 Å². The Morgan fingerprint density at radius 3 is 1.68 bits per heavy atom. The van der Waals surface area contributed by atoms with Crippen molar-refractivity contribution < 1.29 is 0 Å². The number of hydrogen-bond donors (Lipinski definition) is 0. The average Bonchev–Trinajstić information content (AvgIpc) is 2.57. The van der Waals surface area contributed by atoms with Crippen LogP contribution in [0.3, 0.4) is 0 Å². The quantitative estimate of drug-likeness (QED) is 0.470. The first-order valence-electron chi connectivity index (χ1n) is 7.54. The van der Waals surface area contributed by atoms with Crippen LogP contribution in [0.2, 0.25) is 0 Å². The van der Waals surface area contributed by atoms with Crippen molar-refractivity contribution in [1.82, 2.24) is 0 Å². The van der Waals surface area contributed by atoms with Crippen LogP contribution in [0.25, 0.3) is 22.3 Å². The van der Waals surface area contributed by atoms with Crippen molar-refractivity contribution in [3.05, 3.63) is 97.1 Å². The summed E-state index contributed by atoms with van der Waals surface area (Å²) in [6, 6.07) is 27.8. The van der Waals surface area contributed by atoms with Crippen LogP contribution in [0.1, 0.15) is 12.5 Å². The Labute approximate surface area is 133 Å². The fraction of sp³-hybridized carbons (Fsp3) is 0.0909.